The number of ether oxygens (including phenoxy) is 1. The summed E-state index contributed by atoms with van der Waals surface area (Å²) in [6.45, 7) is 0. The minimum Gasteiger partial charge on any atom is -0.496 e. The predicted molar refractivity (Wildman–Crippen MR) is 85.2 cm³/mol. The number of halogens is 2. The number of rotatable bonds is 6. The van der Waals surface area contributed by atoms with E-state index in [0.29, 0.717) is 21.4 Å². The van der Waals surface area contributed by atoms with Gasteiger partial charge in [-0.1, -0.05) is 23.7 Å². The second-order valence-electron chi connectivity index (χ2n) is 4.35. The molecule has 0 aliphatic rings. The molecule has 2 aromatic carbocycles. The largest absolute Gasteiger partial charge is 0.496 e. The first-order chi connectivity index (χ1) is 10.2. The summed E-state index contributed by atoms with van der Waals surface area (Å²) in [5, 5.41) is 0.599. The van der Waals surface area contributed by atoms with Crippen molar-refractivity contribution < 1.29 is 9.13 Å². The van der Waals surface area contributed by atoms with Crippen molar-refractivity contribution in [2.75, 3.05) is 12.9 Å². The Hall–Kier alpha value is -1.27. The summed E-state index contributed by atoms with van der Waals surface area (Å²) in [5.41, 5.74) is 3.57. The fraction of sp³-hybridized carbons (Fsp3) is 0.200. The molecule has 1 atom stereocenters. The third kappa shape index (κ3) is 4.11. The van der Waals surface area contributed by atoms with E-state index in [0.717, 1.165) is 5.56 Å². The molecule has 0 amide bonds. The second kappa shape index (κ2) is 7.66. The number of nitrogens with one attached hydrogen (secondary N) is 1. The van der Waals surface area contributed by atoms with Crippen LogP contribution >= 0.6 is 23.4 Å². The molecule has 0 fully saturated rings. The average molecular weight is 327 g/mol. The van der Waals surface area contributed by atoms with Crippen molar-refractivity contribution in [3.63, 3.8) is 0 Å². The van der Waals surface area contributed by atoms with Gasteiger partial charge in [0, 0.05) is 21.2 Å². The predicted octanol–water partition coefficient (Wildman–Crippen LogP) is 3.78. The Labute approximate surface area is 132 Å². The van der Waals surface area contributed by atoms with Crippen molar-refractivity contribution in [1.29, 1.82) is 0 Å². The van der Waals surface area contributed by atoms with Crippen molar-refractivity contribution >= 4 is 23.4 Å². The lowest BCUT2D eigenvalue weighted by Crippen LogP contribution is -2.30. The molecule has 0 aliphatic heterocycles. The van der Waals surface area contributed by atoms with Gasteiger partial charge in [0.1, 0.15) is 11.6 Å². The Morgan fingerprint density at radius 3 is 2.76 bits per heavy atom. The zero-order chi connectivity index (χ0) is 15.2. The number of benzene rings is 2. The summed E-state index contributed by atoms with van der Waals surface area (Å²) in [4.78, 5) is 0.582. The maximum absolute atomic E-state index is 13.6. The maximum Gasteiger partial charge on any atom is 0.136 e. The van der Waals surface area contributed by atoms with Crippen LogP contribution in [0, 0.1) is 5.82 Å². The van der Waals surface area contributed by atoms with Crippen LogP contribution in [0.15, 0.2) is 47.4 Å². The van der Waals surface area contributed by atoms with E-state index >= 15 is 0 Å². The molecule has 0 saturated carbocycles. The third-order valence-electron chi connectivity index (χ3n) is 3.01. The van der Waals surface area contributed by atoms with E-state index in [1.807, 2.05) is 0 Å². The molecule has 0 aliphatic carbocycles. The molecule has 21 heavy (non-hydrogen) atoms. The van der Waals surface area contributed by atoms with Crippen LogP contribution in [0.2, 0.25) is 5.02 Å². The van der Waals surface area contributed by atoms with E-state index in [4.69, 9.17) is 22.2 Å². The smallest absolute Gasteiger partial charge is 0.136 e. The first-order valence-corrected chi connectivity index (χ1v) is 7.69. The fourth-order valence-electron chi connectivity index (χ4n) is 1.94. The van der Waals surface area contributed by atoms with Crippen LogP contribution < -0.4 is 16.0 Å². The van der Waals surface area contributed by atoms with Gasteiger partial charge < -0.3 is 4.74 Å². The number of nitrogens with two attached hydrogens (primary N) is 1. The first-order valence-electron chi connectivity index (χ1n) is 6.32. The van der Waals surface area contributed by atoms with Crippen molar-refractivity contribution in [3.8, 4) is 5.75 Å². The summed E-state index contributed by atoms with van der Waals surface area (Å²) in [5.74, 6) is 6.63. The van der Waals surface area contributed by atoms with E-state index < -0.39 is 0 Å². The van der Waals surface area contributed by atoms with Crippen LogP contribution in [0.5, 0.6) is 5.75 Å². The van der Waals surface area contributed by atoms with Crippen molar-refractivity contribution in [1.82, 2.24) is 5.43 Å². The molecule has 6 heteroatoms. The van der Waals surface area contributed by atoms with Crippen LogP contribution in [0.1, 0.15) is 11.6 Å². The Bertz CT molecular complexity index is 612. The van der Waals surface area contributed by atoms with Crippen LogP contribution in [-0.4, -0.2) is 12.9 Å². The Morgan fingerprint density at radius 1 is 1.33 bits per heavy atom. The molecule has 0 radical (unpaired) electrons. The van der Waals surface area contributed by atoms with E-state index in [9.17, 15) is 4.39 Å². The summed E-state index contributed by atoms with van der Waals surface area (Å²) in [6.07, 6.45) is 0. The highest BCUT2D eigenvalue weighted by Crippen LogP contribution is 2.32. The number of thioether (sulfide) groups is 1. The van der Waals surface area contributed by atoms with Gasteiger partial charge in [0.15, 0.2) is 0 Å². The Morgan fingerprint density at radius 2 is 2.10 bits per heavy atom. The Balaban J connectivity index is 2.17. The second-order valence-corrected chi connectivity index (χ2v) is 5.85. The van der Waals surface area contributed by atoms with Gasteiger partial charge >= 0.3 is 0 Å². The molecule has 0 saturated heterocycles. The van der Waals surface area contributed by atoms with Gasteiger partial charge in [0.25, 0.3) is 0 Å². The van der Waals surface area contributed by atoms with Crippen LogP contribution in [0.3, 0.4) is 0 Å². The Kier molecular flexibility index (Phi) is 5.87. The van der Waals surface area contributed by atoms with Gasteiger partial charge in [-0.2, -0.15) is 0 Å². The quantitative estimate of drug-likeness (QED) is 0.482. The zero-order valence-corrected chi connectivity index (χ0v) is 13.0. The normalized spacial score (nSPS) is 12.2. The molecule has 112 valence electrons. The minimum absolute atomic E-state index is 0.205. The topological polar surface area (TPSA) is 47.3 Å². The van der Waals surface area contributed by atoms with E-state index in [2.05, 4.69) is 5.43 Å². The molecule has 0 heterocycles. The summed E-state index contributed by atoms with van der Waals surface area (Å²) < 4.78 is 19.0. The van der Waals surface area contributed by atoms with Gasteiger partial charge in [0.05, 0.1) is 13.2 Å². The zero-order valence-electron chi connectivity index (χ0n) is 11.5. The molecule has 0 aromatic heterocycles. The summed E-state index contributed by atoms with van der Waals surface area (Å²) in [7, 11) is 1.59. The highest BCUT2D eigenvalue weighted by atomic mass is 35.5. The van der Waals surface area contributed by atoms with Gasteiger partial charge in [-0.15, -0.1) is 11.8 Å². The average Bonchev–Trinajstić information content (AvgIpc) is 2.50. The lowest BCUT2D eigenvalue weighted by Gasteiger charge is -2.19. The van der Waals surface area contributed by atoms with Crippen LogP contribution in [-0.2, 0) is 0 Å². The monoisotopic (exact) mass is 326 g/mol. The van der Waals surface area contributed by atoms with Gasteiger partial charge in [-0.25, -0.2) is 4.39 Å². The first kappa shape index (κ1) is 16.1. The minimum atomic E-state index is -0.240. The molecule has 3 nitrogen and oxygen atoms in total. The molecular formula is C15H16ClFN2OS. The molecular weight excluding hydrogens is 311 g/mol. The van der Waals surface area contributed by atoms with Crippen LogP contribution in [0.4, 0.5) is 4.39 Å². The highest BCUT2D eigenvalue weighted by Gasteiger charge is 2.16. The van der Waals surface area contributed by atoms with Crippen LogP contribution in [0.25, 0.3) is 0 Å². The lowest BCUT2D eigenvalue weighted by atomic mass is 10.1. The summed E-state index contributed by atoms with van der Waals surface area (Å²) >= 11 is 7.41. The van der Waals surface area contributed by atoms with Crippen molar-refractivity contribution in [3.05, 3.63) is 58.9 Å². The van der Waals surface area contributed by atoms with E-state index in [1.165, 1.54) is 17.8 Å². The number of hydrazine groups is 1. The molecule has 2 rings (SSSR count). The standard InChI is InChI=1S/C15H16ClFN2OS/c1-20-14-7-6-10(16)8-11(14)13(19-18)9-21-15-5-3-2-4-12(15)17/h2-8,13,19H,9,18H2,1H3. The van der Waals surface area contributed by atoms with Gasteiger partial charge in [-0.3, -0.25) is 11.3 Å². The molecule has 2 aromatic rings. The number of hydrogen-bond acceptors (Lipinski definition) is 4. The molecule has 3 N–H and O–H groups in total. The molecule has 1 unspecified atom stereocenters. The maximum atomic E-state index is 13.6. The third-order valence-corrected chi connectivity index (χ3v) is 4.39. The SMILES string of the molecule is COc1ccc(Cl)cc1C(CSc1ccccc1F)NN. The van der Waals surface area contributed by atoms with Gasteiger partial charge in [0.2, 0.25) is 0 Å². The number of hydrogen-bond donors (Lipinski definition) is 2. The van der Waals surface area contributed by atoms with Gasteiger partial charge in [-0.05, 0) is 30.3 Å². The van der Waals surface area contributed by atoms with Crippen molar-refractivity contribution in [2.24, 2.45) is 5.84 Å². The van der Waals surface area contributed by atoms with E-state index in [1.54, 1.807) is 43.5 Å². The summed E-state index contributed by atoms with van der Waals surface area (Å²) in [6, 6.07) is 11.8. The van der Waals surface area contributed by atoms with Crippen molar-refractivity contribution in [2.45, 2.75) is 10.9 Å². The molecule has 0 bridgehead atoms. The highest BCUT2D eigenvalue weighted by molar-refractivity contribution is 7.99. The molecule has 0 spiro atoms. The van der Waals surface area contributed by atoms with E-state index in [-0.39, 0.29) is 11.9 Å². The lowest BCUT2D eigenvalue weighted by molar-refractivity contribution is 0.403. The number of methoxy groups -OCH3 is 1. The fourth-order valence-corrected chi connectivity index (χ4v) is 3.12.